The molecule has 0 heterocycles. The summed E-state index contributed by atoms with van der Waals surface area (Å²) in [5.74, 6) is -0.137. The number of amides is 1. The second-order valence-corrected chi connectivity index (χ2v) is 11.2. The molecule has 0 bridgehead atoms. The molecule has 0 radical (unpaired) electrons. The minimum absolute atomic E-state index is 0.0580. The van der Waals surface area contributed by atoms with Crippen LogP contribution in [-0.2, 0) is 23.8 Å². The van der Waals surface area contributed by atoms with Gasteiger partial charge in [-0.25, -0.2) is 0 Å². The maximum Gasteiger partial charge on any atom is 0.264 e. The quantitative estimate of drug-likeness (QED) is 0.0628. The molecule has 7 nitrogen and oxygen atoms in total. The monoisotopic (exact) mass is 519 g/mol. The van der Waals surface area contributed by atoms with E-state index in [4.69, 9.17) is 4.74 Å². The van der Waals surface area contributed by atoms with Gasteiger partial charge in [0.15, 0.2) is 6.29 Å². The van der Waals surface area contributed by atoms with Gasteiger partial charge in [0.2, 0.25) is 5.91 Å². The zero-order valence-corrected chi connectivity index (χ0v) is 23.3. The van der Waals surface area contributed by atoms with Gasteiger partial charge in [0.25, 0.3) is 10.1 Å². The van der Waals surface area contributed by atoms with E-state index in [1.807, 2.05) is 0 Å². The van der Waals surface area contributed by atoms with Crippen LogP contribution >= 0.6 is 0 Å². The molecule has 0 spiro atoms. The summed E-state index contributed by atoms with van der Waals surface area (Å²) in [4.78, 5) is 12.0. The van der Waals surface area contributed by atoms with Crippen molar-refractivity contribution in [2.24, 2.45) is 0 Å². The second-order valence-electron chi connectivity index (χ2n) is 9.59. The lowest BCUT2D eigenvalue weighted by atomic mass is 10.0. The molecule has 0 aliphatic carbocycles. The molecule has 0 saturated heterocycles. The van der Waals surface area contributed by atoms with E-state index >= 15 is 0 Å². The Bertz CT molecular complexity index is 623. The van der Waals surface area contributed by atoms with Crippen LogP contribution in [0.2, 0.25) is 0 Å². The third-order valence-corrected chi connectivity index (χ3v) is 6.55. The van der Waals surface area contributed by atoms with Gasteiger partial charge in [-0.05, 0) is 24.8 Å². The molecule has 0 aliphatic heterocycles. The van der Waals surface area contributed by atoms with Crippen LogP contribution < -0.4 is 5.32 Å². The predicted molar refractivity (Wildman–Crippen MR) is 144 cm³/mol. The van der Waals surface area contributed by atoms with Crippen LogP contribution in [0.3, 0.4) is 0 Å². The molecule has 35 heavy (non-hydrogen) atoms. The van der Waals surface area contributed by atoms with Crippen molar-refractivity contribution in [3.05, 3.63) is 12.2 Å². The van der Waals surface area contributed by atoms with Gasteiger partial charge in [0, 0.05) is 6.54 Å². The molecule has 0 rings (SSSR count). The molecule has 8 heteroatoms. The Labute approximate surface area is 215 Å². The average molecular weight is 520 g/mol. The van der Waals surface area contributed by atoms with Crippen LogP contribution in [0.5, 0.6) is 0 Å². The van der Waals surface area contributed by atoms with Gasteiger partial charge in [0.05, 0.1) is 25.9 Å². The Morgan fingerprint density at radius 1 is 0.800 bits per heavy atom. The molecule has 0 aromatic carbocycles. The first-order chi connectivity index (χ1) is 16.8. The van der Waals surface area contributed by atoms with Gasteiger partial charge < -0.3 is 15.2 Å². The van der Waals surface area contributed by atoms with Gasteiger partial charge in [-0.2, -0.15) is 8.42 Å². The first-order valence-corrected chi connectivity index (χ1v) is 15.7. The summed E-state index contributed by atoms with van der Waals surface area (Å²) in [6, 6.07) is 0. The number of carbonyl (C=O) groups is 1. The fourth-order valence-corrected chi connectivity index (χ4v) is 4.23. The number of rotatable bonds is 26. The second kappa shape index (κ2) is 23.4. The molecule has 208 valence electrons. The van der Waals surface area contributed by atoms with Gasteiger partial charge >= 0.3 is 0 Å². The van der Waals surface area contributed by atoms with Crippen molar-refractivity contribution in [2.45, 2.75) is 129 Å². The minimum Gasteiger partial charge on any atom is -0.364 e. The van der Waals surface area contributed by atoms with Crippen LogP contribution in [0.4, 0.5) is 0 Å². The van der Waals surface area contributed by atoms with E-state index in [2.05, 4.69) is 23.0 Å². The zero-order valence-electron chi connectivity index (χ0n) is 22.5. The minimum atomic E-state index is -3.37. The maximum atomic E-state index is 12.0. The maximum absolute atomic E-state index is 12.0. The number of aliphatic hydroxyl groups excluding tert-OH is 1. The standard InChI is InChI=1S/C27H53NO6S/c1-4-5-6-7-8-9-10-11-12-13-14-15-18-21-28-26(29)24-25(2)27(30)33-22-19-16-17-20-23-34-35(3,31)32/h27,30H,2,4-24H2,1,3H3,(H,28,29). The molecule has 1 unspecified atom stereocenters. The summed E-state index contributed by atoms with van der Waals surface area (Å²) in [5.41, 5.74) is 0.356. The molecule has 0 aromatic heterocycles. The third-order valence-electron chi connectivity index (χ3n) is 5.95. The Morgan fingerprint density at radius 2 is 1.26 bits per heavy atom. The number of unbranched alkanes of at least 4 members (excludes halogenated alkanes) is 15. The molecule has 2 N–H and O–H groups in total. The summed E-state index contributed by atoms with van der Waals surface area (Å²) < 4.78 is 31.7. The molecule has 0 aromatic rings. The largest absolute Gasteiger partial charge is 0.364 e. The highest BCUT2D eigenvalue weighted by Crippen LogP contribution is 2.13. The van der Waals surface area contributed by atoms with Crippen molar-refractivity contribution in [3.8, 4) is 0 Å². The molecular formula is C27H53NO6S. The smallest absolute Gasteiger partial charge is 0.264 e. The summed E-state index contributed by atoms with van der Waals surface area (Å²) >= 11 is 0. The highest BCUT2D eigenvalue weighted by atomic mass is 32.2. The SMILES string of the molecule is C=C(CC(=O)NCCCCCCCCCCCCCCC)C(O)OCCCCCCOS(C)(=O)=O. The highest BCUT2D eigenvalue weighted by Gasteiger charge is 2.13. The number of hydrogen-bond acceptors (Lipinski definition) is 6. The lowest BCUT2D eigenvalue weighted by Gasteiger charge is -2.14. The molecular weight excluding hydrogens is 466 g/mol. The van der Waals surface area contributed by atoms with Crippen LogP contribution in [0.1, 0.15) is 122 Å². The van der Waals surface area contributed by atoms with E-state index in [0.29, 0.717) is 25.1 Å². The van der Waals surface area contributed by atoms with Gasteiger partial charge in [-0.15, -0.1) is 0 Å². The van der Waals surface area contributed by atoms with E-state index in [9.17, 15) is 18.3 Å². The number of ether oxygens (including phenoxy) is 1. The Balaban J connectivity index is 3.49. The fraction of sp³-hybridized carbons (Fsp3) is 0.889. The van der Waals surface area contributed by atoms with E-state index in [-0.39, 0.29) is 18.9 Å². The first kappa shape index (κ1) is 34.0. The number of nitrogens with one attached hydrogen (secondary N) is 1. The Kier molecular flexibility index (Phi) is 22.8. The first-order valence-electron chi connectivity index (χ1n) is 13.8. The lowest BCUT2D eigenvalue weighted by molar-refractivity contribution is -0.122. The summed E-state index contributed by atoms with van der Waals surface area (Å²) in [6.45, 7) is 7.22. The van der Waals surface area contributed by atoms with E-state index in [0.717, 1.165) is 38.4 Å². The van der Waals surface area contributed by atoms with Crippen molar-refractivity contribution < 1.29 is 27.2 Å². The molecule has 0 saturated carbocycles. The van der Waals surface area contributed by atoms with E-state index in [1.54, 1.807) is 0 Å². The van der Waals surface area contributed by atoms with Gasteiger partial charge in [-0.1, -0.05) is 103 Å². The zero-order chi connectivity index (χ0) is 26.2. The van der Waals surface area contributed by atoms with Crippen molar-refractivity contribution in [3.63, 3.8) is 0 Å². The normalized spacial score (nSPS) is 12.5. The topological polar surface area (TPSA) is 102 Å². The van der Waals surface area contributed by atoms with Gasteiger partial charge in [-0.3, -0.25) is 8.98 Å². The third kappa shape index (κ3) is 25.9. The predicted octanol–water partition coefficient (Wildman–Crippen LogP) is 6.01. The number of hydrogen-bond donors (Lipinski definition) is 2. The van der Waals surface area contributed by atoms with Crippen molar-refractivity contribution in [1.29, 1.82) is 0 Å². The lowest BCUT2D eigenvalue weighted by Crippen LogP contribution is -2.27. The van der Waals surface area contributed by atoms with Crippen molar-refractivity contribution in [1.82, 2.24) is 5.32 Å². The van der Waals surface area contributed by atoms with Crippen LogP contribution in [0.15, 0.2) is 12.2 Å². The van der Waals surface area contributed by atoms with Crippen molar-refractivity contribution >= 4 is 16.0 Å². The summed E-state index contributed by atoms with van der Waals surface area (Å²) in [6.07, 6.45) is 19.9. The number of aliphatic hydroxyl groups is 1. The molecule has 1 amide bonds. The van der Waals surface area contributed by atoms with Crippen LogP contribution in [0.25, 0.3) is 0 Å². The fourth-order valence-electron chi connectivity index (χ4n) is 3.81. The molecule has 0 fully saturated rings. The summed E-state index contributed by atoms with van der Waals surface area (Å²) in [5, 5.41) is 12.9. The molecule has 0 aliphatic rings. The van der Waals surface area contributed by atoms with Crippen LogP contribution in [0, 0.1) is 0 Å². The van der Waals surface area contributed by atoms with Gasteiger partial charge in [0.1, 0.15) is 0 Å². The van der Waals surface area contributed by atoms with Crippen LogP contribution in [-0.4, -0.2) is 51.7 Å². The van der Waals surface area contributed by atoms with Crippen molar-refractivity contribution in [2.75, 3.05) is 26.0 Å². The average Bonchev–Trinajstić information content (AvgIpc) is 2.80. The summed E-state index contributed by atoms with van der Waals surface area (Å²) in [7, 11) is -3.37. The highest BCUT2D eigenvalue weighted by molar-refractivity contribution is 7.85. The van der Waals surface area contributed by atoms with E-state index < -0.39 is 16.4 Å². The molecule has 1 atom stereocenters. The number of carbonyl (C=O) groups excluding carboxylic acids is 1. The Hall–Kier alpha value is -0.960. The Morgan fingerprint density at radius 3 is 1.77 bits per heavy atom. The van der Waals surface area contributed by atoms with E-state index in [1.165, 1.54) is 70.6 Å².